The van der Waals surface area contributed by atoms with E-state index in [2.05, 4.69) is 32.6 Å². The van der Waals surface area contributed by atoms with Crippen LogP contribution in [0.3, 0.4) is 0 Å². The van der Waals surface area contributed by atoms with E-state index in [0.29, 0.717) is 12.0 Å². The summed E-state index contributed by atoms with van der Waals surface area (Å²) in [6.07, 6.45) is 5.96. The van der Waals surface area contributed by atoms with Crippen LogP contribution in [0.15, 0.2) is 0 Å². The Hall–Kier alpha value is -0.570. The SMILES string of the molecule is CCC(CC)N(CC(C)C)C(=O)C1(N)CCCC1. The Morgan fingerprint density at radius 3 is 2.11 bits per heavy atom. The second kappa shape index (κ2) is 6.55. The lowest BCUT2D eigenvalue weighted by atomic mass is 9.94. The summed E-state index contributed by atoms with van der Waals surface area (Å²) in [7, 11) is 0. The van der Waals surface area contributed by atoms with E-state index in [9.17, 15) is 4.79 Å². The molecular formula is C15H30N2O. The molecule has 0 unspecified atom stereocenters. The largest absolute Gasteiger partial charge is 0.338 e. The zero-order valence-electron chi connectivity index (χ0n) is 12.5. The van der Waals surface area contributed by atoms with Gasteiger partial charge in [0.25, 0.3) is 0 Å². The minimum Gasteiger partial charge on any atom is -0.338 e. The molecule has 3 heteroatoms. The average molecular weight is 254 g/mol. The summed E-state index contributed by atoms with van der Waals surface area (Å²) in [5.74, 6) is 0.696. The first-order chi connectivity index (χ1) is 8.44. The molecule has 0 aromatic heterocycles. The van der Waals surface area contributed by atoms with Crippen molar-refractivity contribution >= 4 is 5.91 Å². The molecule has 0 bridgehead atoms. The monoisotopic (exact) mass is 254 g/mol. The van der Waals surface area contributed by atoms with Gasteiger partial charge in [-0.15, -0.1) is 0 Å². The number of carbonyl (C=O) groups is 1. The smallest absolute Gasteiger partial charge is 0.242 e. The maximum absolute atomic E-state index is 12.8. The number of hydrogen-bond donors (Lipinski definition) is 1. The number of carbonyl (C=O) groups excluding carboxylic acids is 1. The van der Waals surface area contributed by atoms with Gasteiger partial charge in [-0.1, -0.05) is 40.5 Å². The maximum Gasteiger partial charge on any atom is 0.242 e. The molecular weight excluding hydrogens is 224 g/mol. The first-order valence-electron chi connectivity index (χ1n) is 7.54. The molecule has 0 atom stereocenters. The number of nitrogens with two attached hydrogens (primary N) is 1. The zero-order chi connectivity index (χ0) is 13.8. The molecule has 1 rings (SSSR count). The van der Waals surface area contributed by atoms with Crippen LogP contribution in [0.25, 0.3) is 0 Å². The molecule has 0 saturated heterocycles. The van der Waals surface area contributed by atoms with Gasteiger partial charge in [0.1, 0.15) is 0 Å². The van der Waals surface area contributed by atoms with E-state index >= 15 is 0 Å². The van der Waals surface area contributed by atoms with Crippen LogP contribution < -0.4 is 5.73 Å². The van der Waals surface area contributed by atoms with Gasteiger partial charge in [0, 0.05) is 12.6 Å². The Labute approximate surface area is 112 Å². The van der Waals surface area contributed by atoms with E-state index in [0.717, 1.165) is 45.1 Å². The Morgan fingerprint density at radius 2 is 1.72 bits per heavy atom. The van der Waals surface area contributed by atoms with Crippen molar-refractivity contribution in [1.29, 1.82) is 0 Å². The standard InChI is InChI=1S/C15H30N2O/c1-5-13(6-2)17(11-12(3)4)14(18)15(16)9-7-8-10-15/h12-13H,5-11,16H2,1-4H3. The highest BCUT2D eigenvalue weighted by atomic mass is 16.2. The molecule has 3 nitrogen and oxygen atoms in total. The van der Waals surface area contributed by atoms with Crippen molar-refractivity contribution in [3.63, 3.8) is 0 Å². The molecule has 0 radical (unpaired) electrons. The first-order valence-corrected chi connectivity index (χ1v) is 7.54. The summed E-state index contributed by atoms with van der Waals surface area (Å²) < 4.78 is 0. The third-order valence-electron chi connectivity index (χ3n) is 4.13. The van der Waals surface area contributed by atoms with Crippen LogP contribution in [-0.4, -0.2) is 28.9 Å². The van der Waals surface area contributed by atoms with Crippen LogP contribution in [0.1, 0.15) is 66.2 Å². The normalized spacial score (nSPS) is 18.6. The number of nitrogens with zero attached hydrogens (tertiary/aromatic N) is 1. The van der Waals surface area contributed by atoms with Crippen molar-refractivity contribution in [2.75, 3.05) is 6.54 Å². The number of rotatable bonds is 6. The molecule has 0 spiro atoms. The molecule has 0 aromatic carbocycles. The van der Waals surface area contributed by atoms with Crippen molar-refractivity contribution < 1.29 is 4.79 Å². The van der Waals surface area contributed by atoms with Crippen LogP contribution >= 0.6 is 0 Å². The lowest BCUT2D eigenvalue weighted by Crippen LogP contribution is -2.57. The molecule has 0 aliphatic heterocycles. The molecule has 2 N–H and O–H groups in total. The third kappa shape index (κ3) is 3.47. The van der Waals surface area contributed by atoms with Gasteiger partial charge in [0.15, 0.2) is 0 Å². The predicted molar refractivity (Wildman–Crippen MR) is 76.3 cm³/mol. The van der Waals surface area contributed by atoms with Gasteiger partial charge in [0.05, 0.1) is 5.54 Å². The Morgan fingerprint density at radius 1 is 1.22 bits per heavy atom. The quantitative estimate of drug-likeness (QED) is 0.792. The van der Waals surface area contributed by atoms with Crippen LogP contribution in [0.2, 0.25) is 0 Å². The highest BCUT2D eigenvalue weighted by Gasteiger charge is 2.41. The third-order valence-corrected chi connectivity index (χ3v) is 4.13. The van der Waals surface area contributed by atoms with Crippen molar-refractivity contribution in [2.24, 2.45) is 11.7 Å². The van der Waals surface area contributed by atoms with Gasteiger partial charge in [-0.05, 0) is 31.6 Å². The fourth-order valence-electron chi connectivity index (χ4n) is 3.03. The Balaban J connectivity index is 2.84. The van der Waals surface area contributed by atoms with E-state index in [4.69, 9.17) is 5.73 Å². The lowest BCUT2D eigenvalue weighted by molar-refractivity contribution is -0.140. The minimum absolute atomic E-state index is 0.197. The Bertz CT molecular complexity index is 266. The summed E-state index contributed by atoms with van der Waals surface area (Å²) >= 11 is 0. The second-order valence-electron chi connectivity index (χ2n) is 6.18. The summed E-state index contributed by atoms with van der Waals surface area (Å²) in [5.41, 5.74) is 5.76. The van der Waals surface area contributed by atoms with E-state index < -0.39 is 5.54 Å². The zero-order valence-corrected chi connectivity index (χ0v) is 12.5. The average Bonchev–Trinajstić information content (AvgIpc) is 2.76. The van der Waals surface area contributed by atoms with Gasteiger partial charge in [-0.3, -0.25) is 4.79 Å². The fourth-order valence-corrected chi connectivity index (χ4v) is 3.03. The Kier molecular flexibility index (Phi) is 5.64. The molecule has 1 aliphatic rings. The molecule has 0 heterocycles. The van der Waals surface area contributed by atoms with Gasteiger partial charge in [0.2, 0.25) is 5.91 Å². The topological polar surface area (TPSA) is 46.3 Å². The molecule has 1 fully saturated rings. The van der Waals surface area contributed by atoms with Crippen LogP contribution in [0.5, 0.6) is 0 Å². The van der Waals surface area contributed by atoms with Crippen molar-refractivity contribution in [2.45, 2.75) is 77.8 Å². The van der Waals surface area contributed by atoms with E-state index in [-0.39, 0.29) is 5.91 Å². The molecule has 1 amide bonds. The van der Waals surface area contributed by atoms with Crippen LogP contribution in [0.4, 0.5) is 0 Å². The van der Waals surface area contributed by atoms with Gasteiger partial charge >= 0.3 is 0 Å². The van der Waals surface area contributed by atoms with Crippen LogP contribution in [0, 0.1) is 5.92 Å². The van der Waals surface area contributed by atoms with Crippen molar-refractivity contribution in [3.05, 3.63) is 0 Å². The summed E-state index contributed by atoms with van der Waals surface area (Å²) in [6.45, 7) is 9.49. The van der Waals surface area contributed by atoms with Gasteiger partial charge < -0.3 is 10.6 Å². The molecule has 18 heavy (non-hydrogen) atoms. The van der Waals surface area contributed by atoms with E-state index in [1.807, 2.05) is 0 Å². The van der Waals surface area contributed by atoms with E-state index in [1.165, 1.54) is 0 Å². The fraction of sp³-hybridized carbons (Fsp3) is 0.933. The van der Waals surface area contributed by atoms with Crippen molar-refractivity contribution in [3.8, 4) is 0 Å². The lowest BCUT2D eigenvalue weighted by Gasteiger charge is -2.37. The summed E-state index contributed by atoms with van der Waals surface area (Å²) in [6, 6.07) is 0.348. The molecule has 1 aliphatic carbocycles. The summed E-state index contributed by atoms with van der Waals surface area (Å²) in [5, 5.41) is 0. The van der Waals surface area contributed by atoms with Crippen molar-refractivity contribution in [1.82, 2.24) is 4.90 Å². The van der Waals surface area contributed by atoms with E-state index in [1.54, 1.807) is 0 Å². The molecule has 0 aromatic rings. The molecule has 106 valence electrons. The maximum atomic E-state index is 12.8. The summed E-state index contributed by atoms with van der Waals surface area (Å²) in [4.78, 5) is 14.8. The first kappa shape index (κ1) is 15.5. The minimum atomic E-state index is -0.572. The van der Waals surface area contributed by atoms with Gasteiger partial charge in [-0.2, -0.15) is 0 Å². The number of hydrogen-bond acceptors (Lipinski definition) is 2. The highest BCUT2D eigenvalue weighted by Crippen LogP contribution is 2.30. The second-order valence-corrected chi connectivity index (χ2v) is 6.18. The predicted octanol–water partition coefficient (Wildman–Crippen LogP) is 2.93. The number of amides is 1. The van der Waals surface area contributed by atoms with Gasteiger partial charge in [-0.25, -0.2) is 0 Å². The van der Waals surface area contributed by atoms with Crippen LogP contribution in [-0.2, 0) is 4.79 Å². The molecule has 1 saturated carbocycles. The highest BCUT2D eigenvalue weighted by molar-refractivity contribution is 5.86.